The Morgan fingerprint density at radius 3 is 2.68 bits per heavy atom. The maximum absolute atomic E-state index is 13.4. The highest BCUT2D eigenvalue weighted by Gasteiger charge is 2.46. The fourth-order valence-corrected chi connectivity index (χ4v) is 4.90. The van der Waals surface area contributed by atoms with Crippen LogP contribution in [-0.4, -0.2) is 53.3 Å². The molecule has 0 aromatic carbocycles. The standard InChI is InChI=1S/C26H24F3N9O3/c1-15(38-14-32-22-21(38)24(40)37(12-10-30)25(41)35(22)2)23(39)34-19-7-3-5-17(33-19)16-8-9-20(31-13-16)36-11-4-6-18(36)26(27,28)29/h3,5,7-9,13-15,18H,4,6,11-12H2,1-2H3,(H,33,34,39)/t15-,18-/m0/s1. The smallest absolute Gasteiger partial charge is 0.345 e. The third-order valence-corrected chi connectivity index (χ3v) is 7.05. The van der Waals surface area contributed by atoms with Gasteiger partial charge in [0, 0.05) is 25.4 Å². The van der Waals surface area contributed by atoms with Crippen LogP contribution in [0, 0.1) is 11.3 Å². The molecule has 0 aliphatic carbocycles. The van der Waals surface area contributed by atoms with E-state index in [1.54, 1.807) is 30.3 Å². The Hall–Kier alpha value is -5.00. The molecular formula is C26H24F3N9O3. The normalized spacial score (nSPS) is 16.1. The number of carbonyl (C=O) groups excluding carboxylic acids is 1. The number of pyridine rings is 2. The van der Waals surface area contributed by atoms with Crippen LogP contribution in [-0.2, 0) is 18.4 Å². The molecule has 1 saturated heterocycles. The lowest BCUT2D eigenvalue weighted by Crippen LogP contribution is -2.41. The van der Waals surface area contributed by atoms with Crippen LogP contribution in [0.4, 0.5) is 24.8 Å². The molecule has 2 atom stereocenters. The van der Waals surface area contributed by atoms with Crippen molar-refractivity contribution >= 4 is 28.7 Å². The van der Waals surface area contributed by atoms with E-state index in [1.165, 1.54) is 42.0 Å². The summed E-state index contributed by atoms with van der Waals surface area (Å²) < 4.78 is 43.3. The van der Waals surface area contributed by atoms with Crippen molar-refractivity contribution in [3.05, 3.63) is 63.7 Å². The van der Waals surface area contributed by atoms with Crippen molar-refractivity contribution in [3.63, 3.8) is 0 Å². The van der Waals surface area contributed by atoms with Crippen LogP contribution in [0.2, 0.25) is 0 Å². The Morgan fingerprint density at radius 1 is 1.22 bits per heavy atom. The van der Waals surface area contributed by atoms with Crippen LogP contribution in [0.15, 0.2) is 52.4 Å². The van der Waals surface area contributed by atoms with E-state index in [1.807, 2.05) is 0 Å². The van der Waals surface area contributed by atoms with E-state index >= 15 is 0 Å². The molecule has 0 spiro atoms. The highest BCUT2D eigenvalue weighted by atomic mass is 19.4. The molecule has 5 heterocycles. The molecule has 0 bridgehead atoms. The van der Waals surface area contributed by atoms with Gasteiger partial charge in [-0.05, 0) is 44.0 Å². The van der Waals surface area contributed by atoms with Gasteiger partial charge in [0.25, 0.3) is 5.56 Å². The zero-order valence-corrected chi connectivity index (χ0v) is 22.0. The van der Waals surface area contributed by atoms with Gasteiger partial charge in [-0.25, -0.2) is 24.3 Å². The largest absolute Gasteiger partial charge is 0.408 e. The highest BCUT2D eigenvalue weighted by Crippen LogP contribution is 2.35. The molecule has 1 fully saturated rings. The number of hydrogen-bond acceptors (Lipinski definition) is 8. The van der Waals surface area contributed by atoms with Gasteiger partial charge in [0.05, 0.1) is 18.1 Å². The van der Waals surface area contributed by atoms with Gasteiger partial charge in [-0.1, -0.05) is 6.07 Å². The number of halogens is 3. The first kappa shape index (κ1) is 27.6. The Morgan fingerprint density at radius 2 is 2.00 bits per heavy atom. The molecule has 15 heteroatoms. The van der Waals surface area contributed by atoms with Gasteiger partial charge in [-0.2, -0.15) is 18.4 Å². The average molecular weight is 568 g/mol. The summed E-state index contributed by atoms with van der Waals surface area (Å²) >= 11 is 0. The Kier molecular flexibility index (Phi) is 7.08. The molecule has 4 aromatic rings. The summed E-state index contributed by atoms with van der Waals surface area (Å²) in [6.07, 6.45) is -1.18. The first-order valence-electron chi connectivity index (χ1n) is 12.6. The number of rotatable bonds is 6. The van der Waals surface area contributed by atoms with Crippen LogP contribution in [0.25, 0.3) is 22.4 Å². The van der Waals surface area contributed by atoms with Crippen LogP contribution < -0.4 is 21.5 Å². The van der Waals surface area contributed by atoms with Gasteiger partial charge in [-0.15, -0.1) is 0 Å². The number of imidazole rings is 1. The van der Waals surface area contributed by atoms with E-state index < -0.39 is 42.0 Å². The quantitative estimate of drug-likeness (QED) is 0.375. The predicted molar refractivity (Wildman–Crippen MR) is 142 cm³/mol. The topological polar surface area (TPSA) is 144 Å². The molecular weight excluding hydrogens is 543 g/mol. The summed E-state index contributed by atoms with van der Waals surface area (Å²) in [4.78, 5) is 52.6. The van der Waals surface area contributed by atoms with E-state index in [-0.39, 0.29) is 35.8 Å². The number of fused-ring (bicyclic) bond motifs is 1. The monoisotopic (exact) mass is 567 g/mol. The zero-order valence-electron chi connectivity index (χ0n) is 22.0. The van der Waals surface area contributed by atoms with Crippen LogP contribution in [0.3, 0.4) is 0 Å². The number of aryl methyl sites for hydroxylation is 1. The number of alkyl halides is 3. The van der Waals surface area contributed by atoms with Gasteiger partial charge in [0.2, 0.25) is 5.91 Å². The van der Waals surface area contributed by atoms with Gasteiger partial charge in [0.15, 0.2) is 11.2 Å². The number of nitrogens with zero attached hydrogens (tertiary/aromatic N) is 8. The van der Waals surface area contributed by atoms with Gasteiger partial charge in [0.1, 0.15) is 30.3 Å². The minimum atomic E-state index is -4.34. The van der Waals surface area contributed by atoms with Crippen molar-refractivity contribution in [2.75, 3.05) is 16.8 Å². The lowest BCUT2D eigenvalue weighted by atomic mass is 10.2. The number of nitrogens with one attached hydrogen (secondary N) is 1. The van der Waals surface area contributed by atoms with Crippen molar-refractivity contribution in [2.24, 2.45) is 7.05 Å². The summed E-state index contributed by atoms with van der Waals surface area (Å²) in [6.45, 7) is 1.35. The molecule has 1 aliphatic rings. The van der Waals surface area contributed by atoms with Crippen molar-refractivity contribution in [1.82, 2.24) is 28.7 Å². The Labute approximate surface area is 230 Å². The molecule has 1 N–H and O–H groups in total. The molecule has 4 aromatic heterocycles. The second-order valence-corrected chi connectivity index (χ2v) is 9.59. The fourth-order valence-electron chi connectivity index (χ4n) is 4.90. The van der Waals surface area contributed by atoms with E-state index in [2.05, 4.69) is 20.3 Å². The van der Waals surface area contributed by atoms with E-state index in [9.17, 15) is 27.6 Å². The third kappa shape index (κ3) is 5.04. The van der Waals surface area contributed by atoms with Gasteiger partial charge in [-0.3, -0.25) is 14.2 Å². The second-order valence-electron chi connectivity index (χ2n) is 9.59. The molecule has 1 amide bonds. The van der Waals surface area contributed by atoms with Crippen LogP contribution in [0.5, 0.6) is 0 Å². The third-order valence-electron chi connectivity index (χ3n) is 7.05. The second kappa shape index (κ2) is 10.5. The Bertz CT molecular complexity index is 1780. The number of nitriles is 1. The molecule has 0 radical (unpaired) electrons. The minimum Gasteiger partial charge on any atom is -0.345 e. The van der Waals surface area contributed by atoms with Crippen molar-refractivity contribution in [2.45, 2.75) is 44.6 Å². The predicted octanol–water partition coefficient (Wildman–Crippen LogP) is 2.61. The van der Waals surface area contributed by atoms with Crippen LogP contribution in [0.1, 0.15) is 25.8 Å². The first-order valence-corrected chi connectivity index (χ1v) is 12.6. The van der Waals surface area contributed by atoms with Crippen LogP contribution >= 0.6 is 0 Å². The highest BCUT2D eigenvalue weighted by molar-refractivity contribution is 5.93. The van der Waals surface area contributed by atoms with Crippen molar-refractivity contribution in [1.29, 1.82) is 5.26 Å². The fraction of sp³-hybridized carbons (Fsp3) is 0.346. The molecule has 212 valence electrons. The van der Waals surface area contributed by atoms with E-state index in [0.29, 0.717) is 17.7 Å². The van der Waals surface area contributed by atoms with E-state index in [0.717, 1.165) is 9.13 Å². The molecule has 12 nitrogen and oxygen atoms in total. The Balaban J connectivity index is 1.37. The molecule has 41 heavy (non-hydrogen) atoms. The SMILES string of the molecule is C[C@@H](C(=O)Nc1cccc(-c2ccc(N3CCC[C@H]3C(F)(F)F)nc2)n1)n1cnc2c1c(=O)n(CC#N)c(=O)n2C. The number of hydrogen-bond donors (Lipinski definition) is 1. The summed E-state index contributed by atoms with van der Waals surface area (Å²) in [7, 11) is 1.41. The van der Waals surface area contributed by atoms with Gasteiger partial charge >= 0.3 is 11.9 Å². The van der Waals surface area contributed by atoms with Gasteiger partial charge < -0.3 is 14.8 Å². The zero-order chi connectivity index (χ0) is 29.5. The number of aromatic nitrogens is 6. The molecule has 0 unspecified atom stereocenters. The summed E-state index contributed by atoms with van der Waals surface area (Å²) in [6, 6.07) is 7.29. The van der Waals surface area contributed by atoms with E-state index in [4.69, 9.17) is 5.26 Å². The maximum atomic E-state index is 13.4. The number of carbonyl (C=O) groups is 1. The van der Waals surface area contributed by atoms with Crippen molar-refractivity contribution in [3.8, 4) is 17.3 Å². The maximum Gasteiger partial charge on any atom is 0.408 e. The first-order chi connectivity index (χ1) is 19.5. The average Bonchev–Trinajstić information content (AvgIpc) is 3.62. The lowest BCUT2D eigenvalue weighted by molar-refractivity contribution is -0.146. The minimum absolute atomic E-state index is 0.0105. The summed E-state index contributed by atoms with van der Waals surface area (Å²) in [5.74, 6) is -0.112. The molecule has 0 saturated carbocycles. The van der Waals surface area contributed by atoms with Crippen molar-refractivity contribution < 1.29 is 18.0 Å². The molecule has 1 aliphatic heterocycles. The summed E-state index contributed by atoms with van der Waals surface area (Å²) in [5.41, 5.74) is -0.404. The lowest BCUT2D eigenvalue weighted by Gasteiger charge is -2.27. The number of anilines is 2. The summed E-state index contributed by atoms with van der Waals surface area (Å²) in [5, 5.41) is 11.7. The molecule has 5 rings (SSSR count). The number of amides is 1.